The van der Waals surface area contributed by atoms with Crippen LogP contribution < -0.4 is 5.32 Å². The van der Waals surface area contributed by atoms with Crippen molar-refractivity contribution < 1.29 is 0 Å². The molecule has 2 aliphatic rings. The first-order chi connectivity index (χ1) is 9.92. The van der Waals surface area contributed by atoms with E-state index in [9.17, 15) is 0 Å². The molecule has 1 heterocycles. The van der Waals surface area contributed by atoms with E-state index in [0.717, 1.165) is 12.5 Å². The standard InChI is InChI=1S/C19H21N/c1-5-14(6-1)15-7-2-8-16(13-15)17-9-3-11-19-18(17)10-4-12-20-19/h2-3,7-9,11,13-14,20H,1,4-6,10,12H2. The lowest BCUT2D eigenvalue weighted by atomic mass is 9.79. The minimum atomic E-state index is 0.813. The predicted octanol–water partition coefficient (Wildman–Crippen LogP) is 4.98. The van der Waals surface area contributed by atoms with Crippen LogP contribution in [0.25, 0.3) is 11.1 Å². The highest BCUT2D eigenvalue weighted by Crippen LogP contribution is 2.39. The summed E-state index contributed by atoms with van der Waals surface area (Å²) < 4.78 is 0. The third kappa shape index (κ3) is 2.02. The smallest absolute Gasteiger partial charge is 0.0378 e. The summed E-state index contributed by atoms with van der Waals surface area (Å²) in [6, 6.07) is 15.9. The second-order valence-corrected chi connectivity index (χ2v) is 6.12. The molecule has 1 nitrogen and oxygen atoms in total. The van der Waals surface area contributed by atoms with Crippen LogP contribution in [0.4, 0.5) is 5.69 Å². The molecule has 0 spiro atoms. The number of hydrogen-bond donors (Lipinski definition) is 1. The Labute approximate surface area is 121 Å². The van der Waals surface area contributed by atoms with Crippen LogP contribution in [0.15, 0.2) is 42.5 Å². The quantitative estimate of drug-likeness (QED) is 0.805. The molecule has 2 aromatic rings. The van der Waals surface area contributed by atoms with Gasteiger partial charge in [-0.15, -0.1) is 0 Å². The SMILES string of the molecule is c1cc(-c2cccc3c2CCCN3)cc(C2CCC2)c1. The molecule has 1 fully saturated rings. The molecule has 2 aromatic carbocycles. The highest BCUT2D eigenvalue weighted by Gasteiger charge is 2.20. The van der Waals surface area contributed by atoms with Gasteiger partial charge < -0.3 is 5.32 Å². The molecule has 1 saturated carbocycles. The lowest BCUT2D eigenvalue weighted by Gasteiger charge is -2.26. The first-order valence-electron chi connectivity index (χ1n) is 7.88. The van der Waals surface area contributed by atoms with Gasteiger partial charge in [-0.05, 0) is 59.9 Å². The Balaban J connectivity index is 1.77. The monoisotopic (exact) mass is 263 g/mol. The number of anilines is 1. The molecule has 0 saturated heterocycles. The van der Waals surface area contributed by atoms with Crippen LogP contribution in [0.2, 0.25) is 0 Å². The van der Waals surface area contributed by atoms with Gasteiger partial charge in [-0.3, -0.25) is 0 Å². The number of benzene rings is 2. The molecule has 0 bridgehead atoms. The van der Waals surface area contributed by atoms with Gasteiger partial charge in [0.25, 0.3) is 0 Å². The van der Waals surface area contributed by atoms with E-state index in [-0.39, 0.29) is 0 Å². The zero-order valence-corrected chi connectivity index (χ0v) is 11.9. The summed E-state index contributed by atoms with van der Waals surface area (Å²) in [6.45, 7) is 1.11. The van der Waals surface area contributed by atoms with Gasteiger partial charge >= 0.3 is 0 Å². The predicted molar refractivity (Wildman–Crippen MR) is 85.3 cm³/mol. The highest BCUT2D eigenvalue weighted by molar-refractivity contribution is 5.75. The summed E-state index contributed by atoms with van der Waals surface area (Å²) in [7, 11) is 0. The number of nitrogens with one attached hydrogen (secondary N) is 1. The molecule has 1 N–H and O–H groups in total. The average molecular weight is 263 g/mol. The Morgan fingerprint density at radius 1 is 0.950 bits per heavy atom. The van der Waals surface area contributed by atoms with Crippen LogP contribution in [-0.2, 0) is 6.42 Å². The van der Waals surface area contributed by atoms with E-state index in [4.69, 9.17) is 0 Å². The molecule has 1 aliphatic carbocycles. The van der Waals surface area contributed by atoms with Crippen LogP contribution in [0.5, 0.6) is 0 Å². The summed E-state index contributed by atoms with van der Waals surface area (Å²) in [5, 5.41) is 3.53. The van der Waals surface area contributed by atoms with Crippen molar-refractivity contribution in [1.82, 2.24) is 0 Å². The number of fused-ring (bicyclic) bond motifs is 1. The lowest BCUT2D eigenvalue weighted by Crippen LogP contribution is -2.12. The zero-order valence-electron chi connectivity index (χ0n) is 11.9. The first kappa shape index (κ1) is 12.0. The molecule has 4 rings (SSSR count). The van der Waals surface area contributed by atoms with Gasteiger partial charge in [-0.1, -0.05) is 42.8 Å². The van der Waals surface area contributed by atoms with Gasteiger partial charge in [-0.25, -0.2) is 0 Å². The Morgan fingerprint density at radius 3 is 2.70 bits per heavy atom. The molecule has 0 radical (unpaired) electrons. The van der Waals surface area contributed by atoms with Crippen molar-refractivity contribution in [3.8, 4) is 11.1 Å². The summed E-state index contributed by atoms with van der Waals surface area (Å²) >= 11 is 0. The summed E-state index contributed by atoms with van der Waals surface area (Å²) in [4.78, 5) is 0. The van der Waals surface area contributed by atoms with Crippen molar-refractivity contribution in [2.45, 2.75) is 38.0 Å². The van der Waals surface area contributed by atoms with Gasteiger partial charge in [-0.2, -0.15) is 0 Å². The van der Waals surface area contributed by atoms with Crippen LogP contribution in [0.3, 0.4) is 0 Å². The molecule has 102 valence electrons. The maximum absolute atomic E-state index is 3.53. The van der Waals surface area contributed by atoms with Crippen molar-refractivity contribution >= 4 is 5.69 Å². The molecule has 0 atom stereocenters. The lowest BCUT2D eigenvalue weighted by molar-refractivity contribution is 0.420. The van der Waals surface area contributed by atoms with Crippen molar-refractivity contribution in [3.05, 3.63) is 53.6 Å². The largest absolute Gasteiger partial charge is 0.385 e. The van der Waals surface area contributed by atoms with Gasteiger partial charge in [0.1, 0.15) is 0 Å². The van der Waals surface area contributed by atoms with E-state index in [0.29, 0.717) is 0 Å². The Bertz CT molecular complexity index is 625. The molecule has 0 unspecified atom stereocenters. The van der Waals surface area contributed by atoms with Gasteiger partial charge in [0.15, 0.2) is 0 Å². The number of hydrogen-bond acceptors (Lipinski definition) is 1. The average Bonchev–Trinajstić information content (AvgIpc) is 2.45. The minimum Gasteiger partial charge on any atom is -0.385 e. The topological polar surface area (TPSA) is 12.0 Å². The van der Waals surface area contributed by atoms with E-state index in [1.54, 1.807) is 0 Å². The second-order valence-electron chi connectivity index (χ2n) is 6.12. The molecule has 1 aliphatic heterocycles. The van der Waals surface area contributed by atoms with Gasteiger partial charge in [0, 0.05) is 12.2 Å². The summed E-state index contributed by atoms with van der Waals surface area (Å²) in [5.74, 6) is 0.813. The van der Waals surface area contributed by atoms with Crippen LogP contribution >= 0.6 is 0 Å². The number of rotatable bonds is 2. The first-order valence-corrected chi connectivity index (χ1v) is 7.88. The van der Waals surface area contributed by atoms with Gasteiger partial charge in [0.2, 0.25) is 0 Å². The summed E-state index contributed by atoms with van der Waals surface area (Å²) in [5.41, 5.74) is 7.20. The van der Waals surface area contributed by atoms with E-state index in [1.165, 1.54) is 60.0 Å². The highest BCUT2D eigenvalue weighted by atomic mass is 14.9. The van der Waals surface area contributed by atoms with Crippen molar-refractivity contribution in [1.29, 1.82) is 0 Å². The fourth-order valence-electron chi connectivity index (χ4n) is 3.48. The van der Waals surface area contributed by atoms with Crippen molar-refractivity contribution in [2.24, 2.45) is 0 Å². The summed E-state index contributed by atoms with van der Waals surface area (Å²) in [6.07, 6.45) is 6.59. The van der Waals surface area contributed by atoms with Crippen molar-refractivity contribution in [2.75, 3.05) is 11.9 Å². The van der Waals surface area contributed by atoms with Crippen LogP contribution in [0, 0.1) is 0 Å². The Hall–Kier alpha value is -1.76. The molecular weight excluding hydrogens is 242 g/mol. The van der Waals surface area contributed by atoms with E-state index in [2.05, 4.69) is 47.8 Å². The normalized spacial score (nSPS) is 18.0. The van der Waals surface area contributed by atoms with Crippen molar-refractivity contribution in [3.63, 3.8) is 0 Å². The fraction of sp³-hybridized carbons (Fsp3) is 0.368. The van der Waals surface area contributed by atoms with E-state index < -0.39 is 0 Å². The zero-order chi connectivity index (χ0) is 13.4. The molecule has 1 heteroatoms. The fourth-order valence-corrected chi connectivity index (χ4v) is 3.48. The molecule has 0 aromatic heterocycles. The van der Waals surface area contributed by atoms with E-state index >= 15 is 0 Å². The second kappa shape index (κ2) is 4.97. The van der Waals surface area contributed by atoms with Crippen LogP contribution in [-0.4, -0.2) is 6.54 Å². The van der Waals surface area contributed by atoms with E-state index in [1.807, 2.05) is 0 Å². The molecule has 20 heavy (non-hydrogen) atoms. The molecular formula is C19H21N. The molecule has 0 amide bonds. The van der Waals surface area contributed by atoms with Gasteiger partial charge in [0.05, 0.1) is 0 Å². The minimum absolute atomic E-state index is 0.813. The maximum Gasteiger partial charge on any atom is 0.0378 e. The maximum atomic E-state index is 3.53. The Morgan fingerprint density at radius 2 is 1.85 bits per heavy atom. The third-order valence-corrected chi connectivity index (χ3v) is 4.87. The van der Waals surface area contributed by atoms with Crippen LogP contribution in [0.1, 0.15) is 42.7 Å². The third-order valence-electron chi connectivity index (χ3n) is 4.87. The Kier molecular flexibility index (Phi) is 2.99.